The average Bonchev–Trinajstić information content (AvgIpc) is 2.01. The smallest absolute Gasteiger partial charge is 0.462 e. The van der Waals surface area contributed by atoms with Gasteiger partial charge in [0.25, 0.3) is 0 Å². The van der Waals surface area contributed by atoms with Crippen LogP contribution in [0.3, 0.4) is 0 Å². The first-order chi connectivity index (χ1) is 6.33. The van der Waals surface area contributed by atoms with E-state index in [1.54, 1.807) is 0 Å². The number of carbonyl (C=O) groups is 1. The molecule has 0 spiro atoms. The van der Waals surface area contributed by atoms with Crippen LogP contribution in [0.5, 0.6) is 0 Å². The molecule has 0 saturated heterocycles. The maximum absolute atomic E-state index is 10.8. The van der Waals surface area contributed by atoms with Gasteiger partial charge in [0.1, 0.15) is 0 Å². The number of phosphoric ester groups is 1. The summed E-state index contributed by atoms with van der Waals surface area (Å²) in [6.07, 6.45) is 0.226. The first kappa shape index (κ1) is 13.3. The third-order valence-corrected chi connectivity index (χ3v) is 1.65. The summed E-state index contributed by atoms with van der Waals surface area (Å²) in [6, 6.07) is 0. The first-order valence-corrected chi connectivity index (χ1v) is 5.38. The van der Waals surface area contributed by atoms with E-state index in [1.807, 2.05) is 0 Å². The molecular weight excluding hydrogens is 211 g/mol. The summed E-state index contributed by atoms with van der Waals surface area (Å²) in [7, 11) is -4.41. The quantitative estimate of drug-likeness (QED) is 0.297. The highest BCUT2D eigenvalue weighted by molar-refractivity contribution is 7.46. The molecule has 0 radical (unpaired) electrons. The molecule has 0 aromatic heterocycles. The van der Waals surface area contributed by atoms with E-state index in [0.29, 0.717) is 0 Å². The minimum absolute atomic E-state index is 0.0473. The van der Waals surface area contributed by atoms with Gasteiger partial charge in [0.05, 0.1) is 13.2 Å². The molecule has 0 saturated carbocycles. The van der Waals surface area contributed by atoms with Crippen molar-refractivity contribution in [3.05, 3.63) is 12.2 Å². The van der Waals surface area contributed by atoms with E-state index in [2.05, 4.69) is 15.8 Å². The van der Waals surface area contributed by atoms with Gasteiger partial charge in [0.15, 0.2) is 0 Å². The highest BCUT2D eigenvalue weighted by atomic mass is 31.2. The van der Waals surface area contributed by atoms with Crippen LogP contribution in [0.2, 0.25) is 0 Å². The van der Waals surface area contributed by atoms with Crippen LogP contribution in [0.1, 0.15) is 13.3 Å². The predicted octanol–water partition coefficient (Wildman–Crippen LogP) is 0.605. The van der Waals surface area contributed by atoms with Gasteiger partial charge in [-0.05, 0) is 6.92 Å². The van der Waals surface area contributed by atoms with E-state index in [-0.39, 0.29) is 25.2 Å². The third kappa shape index (κ3) is 7.94. The molecule has 0 unspecified atom stereocenters. The molecule has 6 nitrogen and oxygen atoms in total. The van der Waals surface area contributed by atoms with Gasteiger partial charge < -0.3 is 14.5 Å². The molecule has 0 aromatic carbocycles. The van der Waals surface area contributed by atoms with Crippen molar-refractivity contribution in [3.8, 4) is 0 Å². The van der Waals surface area contributed by atoms with Crippen LogP contribution in [0, 0.1) is 0 Å². The molecule has 0 aliphatic rings. The molecule has 2 N–H and O–H groups in total. The number of ether oxygens (including phenoxy) is 1. The Hall–Kier alpha value is -0.680. The number of rotatable bonds is 6. The molecule has 0 rings (SSSR count). The lowest BCUT2D eigenvalue weighted by Gasteiger charge is -2.05. The summed E-state index contributed by atoms with van der Waals surface area (Å²) in [5.41, 5.74) is 0.279. The fraction of sp³-hybridized carbons (Fsp3) is 0.571. The van der Waals surface area contributed by atoms with Crippen molar-refractivity contribution in [1.82, 2.24) is 0 Å². The van der Waals surface area contributed by atoms with Crippen LogP contribution < -0.4 is 0 Å². The Kier molecular flexibility index (Phi) is 5.64. The summed E-state index contributed by atoms with van der Waals surface area (Å²) in [4.78, 5) is 27.3. The van der Waals surface area contributed by atoms with Crippen molar-refractivity contribution in [1.29, 1.82) is 0 Å². The highest BCUT2D eigenvalue weighted by Crippen LogP contribution is 2.35. The number of hydrogen-bond acceptors (Lipinski definition) is 4. The summed E-state index contributed by atoms with van der Waals surface area (Å²) in [5, 5.41) is 0. The maximum atomic E-state index is 10.8. The summed E-state index contributed by atoms with van der Waals surface area (Å²) in [6.45, 7) is 4.76. The molecule has 14 heavy (non-hydrogen) atoms. The summed E-state index contributed by atoms with van der Waals surface area (Å²) in [5.74, 6) is -0.527. The Morgan fingerprint density at radius 2 is 2.00 bits per heavy atom. The lowest BCUT2D eigenvalue weighted by Crippen LogP contribution is -2.07. The summed E-state index contributed by atoms with van der Waals surface area (Å²) >= 11 is 0. The average molecular weight is 224 g/mol. The van der Waals surface area contributed by atoms with Crippen LogP contribution in [0.15, 0.2) is 12.2 Å². The number of carbonyl (C=O) groups excluding carboxylic acids is 1. The minimum atomic E-state index is -4.41. The van der Waals surface area contributed by atoms with Crippen LogP contribution in [0.25, 0.3) is 0 Å². The van der Waals surface area contributed by atoms with Gasteiger partial charge in [0.2, 0.25) is 0 Å². The van der Waals surface area contributed by atoms with Crippen molar-refractivity contribution in [2.45, 2.75) is 13.3 Å². The number of esters is 1. The van der Waals surface area contributed by atoms with Gasteiger partial charge in [0, 0.05) is 12.0 Å². The number of phosphoric acid groups is 1. The van der Waals surface area contributed by atoms with E-state index >= 15 is 0 Å². The zero-order chi connectivity index (χ0) is 11.2. The zero-order valence-electron chi connectivity index (χ0n) is 7.80. The first-order valence-electron chi connectivity index (χ1n) is 3.85. The molecule has 0 heterocycles. The SMILES string of the molecule is C=C(C)C(=O)OCCCOP(=O)(O)O. The van der Waals surface area contributed by atoms with Gasteiger partial charge >= 0.3 is 13.8 Å². The molecule has 0 bridgehead atoms. The van der Waals surface area contributed by atoms with E-state index in [0.717, 1.165) is 0 Å². The second-order valence-electron chi connectivity index (χ2n) is 2.59. The topological polar surface area (TPSA) is 93.1 Å². The van der Waals surface area contributed by atoms with Crippen molar-refractivity contribution < 1.29 is 28.4 Å². The molecule has 82 valence electrons. The molecule has 0 aromatic rings. The van der Waals surface area contributed by atoms with Crippen LogP contribution in [-0.4, -0.2) is 29.0 Å². The molecule has 0 aliphatic carbocycles. The molecule has 0 atom stereocenters. The highest BCUT2D eigenvalue weighted by Gasteiger charge is 2.12. The summed E-state index contributed by atoms with van der Waals surface area (Å²) < 4.78 is 19.0. The lowest BCUT2D eigenvalue weighted by atomic mass is 10.4. The van der Waals surface area contributed by atoms with Crippen molar-refractivity contribution >= 4 is 13.8 Å². The molecule has 0 aliphatic heterocycles. The molecule has 0 amide bonds. The van der Waals surface area contributed by atoms with Crippen molar-refractivity contribution in [2.75, 3.05) is 13.2 Å². The monoisotopic (exact) mass is 224 g/mol. The largest absolute Gasteiger partial charge is 0.469 e. The van der Waals surface area contributed by atoms with E-state index in [4.69, 9.17) is 9.79 Å². The van der Waals surface area contributed by atoms with Crippen LogP contribution in [0.4, 0.5) is 0 Å². The van der Waals surface area contributed by atoms with E-state index in [9.17, 15) is 9.36 Å². The Morgan fingerprint density at radius 3 is 2.43 bits per heavy atom. The second-order valence-corrected chi connectivity index (χ2v) is 3.83. The molecule has 0 fully saturated rings. The van der Waals surface area contributed by atoms with Gasteiger partial charge in [-0.1, -0.05) is 6.58 Å². The Bertz CT molecular complexity index is 255. The molecular formula is C7H13O6P. The standard InChI is InChI=1S/C7H13O6P/c1-6(2)7(8)12-4-3-5-13-14(9,10)11/h1,3-5H2,2H3,(H2,9,10,11). The fourth-order valence-corrected chi connectivity index (χ4v) is 0.897. The van der Waals surface area contributed by atoms with E-state index < -0.39 is 13.8 Å². The molecule has 7 heteroatoms. The van der Waals surface area contributed by atoms with Crippen LogP contribution >= 0.6 is 7.82 Å². The van der Waals surface area contributed by atoms with Crippen molar-refractivity contribution in [3.63, 3.8) is 0 Å². The van der Waals surface area contributed by atoms with Crippen molar-refractivity contribution in [2.24, 2.45) is 0 Å². The lowest BCUT2D eigenvalue weighted by molar-refractivity contribution is -0.139. The second kappa shape index (κ2) is 5.93. The third-order valence-electron chi connectivity index (χ3n) is 1.13. The van der Waals surface area contributed by atoms with Gasteiger partial charge in [-0.25, -0.2) is 9.36 Å². The van der Waals surface area contributed by atoms with Crippen LogP contribution in [-0.2, 0) is 18.6 Å². The maximum Gasteiger partial charge on any atom is 0.469 e. The predicted molar refractivity (Wildman–Crippen MR) is 48.4 cm³/mol. The zero-order valence-corrected chi connectivity index (χ0v) is 8.70. The normalized spacial score (nSPS) is 11.1. The Morgan fingerprint density at radius 1 is 1.43 bits per heavy atom. The van der Waals surface area contributed by atoms with E-state index in [1.165, 1.54) is 6.92 Å². The van der Waals surface area contributed by atoms with Gasteiger partial charge in [-0.15, -0.1) is 0 Å². The van der Waals surface area contributed by atoms with Gasteiger partial charge in [-0.3, -0.25) is 4.52 Å². The Labute approximate surface area is 81.8 Å². The Balaban J connectivity index is 3.44. The van der Waals surface area contributed by atoms with Gasteiger partial charge in [-0.2, -0.15) is 0 Å². The number of hydrogen-bond donors (Lipinski definition) is 2. The minimum Gasteiger partial charge on any atom is -0.462 e. The fourth-order valence-electron chi connectivity index (χ4n) is 0.530.